The van der Waals surface area contributed by atoms with Crippen LogP contribution in [0, 0.1) is 5.92 Å². The fraction of sp³-hybridized carbons (Fsp3) is 0.368. The average Bonchev–Trinajstić information content (AvgIpc) is 2.97. The van der Waals surface area contributed by atoms with Crippen molar-refractivity contribution in [2.75, 3.05) is 10.0 Å². The molecule has 1 heterocycles. The van der Waals surface area contributed by atoms with Gasteiger partial charge in [0.25, 0.3) is 15.9 Å². The second-order valence-electron chi connectivity index (χ2n) is 6.90. The first-order valence-corrected chi connectivity index (χ1v) is 11.4. The maximum atomic E-state index is 12.8. The largest absolute Gasteiger partial charge is 0.365 e. The molecule has 9 heteroatoms. The van der Waals surface area contributed by atoms with Gasteiger partial charge < -0.3 is 11.1 Å². The van der Waals surface area contributed by atoms with E-state index in [2.05, 4.69) is 17.0 Å². The van der Waals surface area contributed by atoms with Crippen LogP contribution in [0.5, 0.6) is 0 Å². The van der Waals surface area contributed by atoms with Gasteiger partial charge in [-0.3, -0.25) is 14.3 Å². The normalized spacial score (nSPS) is 16.3. The minimum atomic E-state index is -3.89. The Morgan fingerprint density at radius 2 is 1.93 bits per heavy atom. The van der Waals surface area contributed by atoms with E-state index in [-0.39, 0.29) is 21.4 Å². The van der Waals surface area contributed by atoms with Crippen LogP contribution in [-0.2, 0) is 27.7 Å². The Labute approximate surface area is 168 Å². The highest BCUT2D eigenvalue weighted by Crippen LogP contribution is 2.41. The van der Waals surface area contributed by atoms with E-state index < -0.39 is 15.9 Å². The predicted molar refractivity (Wildman–Crippen MR) is 110 cm³/mol. The Balaban J connectivity index is 1.91. The monoisotopic (exact) mass is 421 g/mol. The number of amides is 2. The second kappa shape index (κ2) is 7.92. The van der Waals surface area contributed by atoms with Gasteiger partial charge in [0.2, 0.25) is 5.91 Å². The number of nitrogens with two attached hydrogens (primary N) is 1. The Bertz CT molecular complexity index is 1010. The molecule has 3 rings (SSSR count). The SMILES string of the molecule is CCC1CCc2c(sc(NS(=O)(=O)c3ccc(NC(C)=O)cc3)c2C(N)=O)C1. The van der Waals surface area contributed by atoms with Crippen LogP contribution in [0.15, 0.2) is 29.2 Å². The Morgan fingerprint density at radius 3 is 2.50 bits per heavy atom. The van der Waals surface area contributed by atoms with Gasteiger partial charge in [-0.05, 0) is 55.0 Å². The quantitative estimate of drug-likeness (QED) is 0.664. The van der Waals surface area contributed by atoms with Crippen LogP contribution in [0.2, 0.25) is 0 Å². The summed E-state index contributed by atoms with van der Waals surface area (Å²) in [6.07, 6.45) is 3.59. The van der Waals surface area contributed by atoms with E-state index in [1.54, 1.807) is 0 Å². The third kappa shape index (κ3) is 4.20. The summed E-state index contributed by atoms with van der Waals surface area (Å²) in [5, 5.41) is 2.86. The molecule has 2 amide bonds. The van der Waals surface area contributed by atoms with Gasteiger partial charge in [0.15, 0.2) is 0 Å². The van der Waals surface area contributed by atoms with Crippen LogP contribution in [0.1, 0.15) is 47.5 Å². The lowest BCUT2D eigenvalue weighted by atomic mass is 9.85. The molecule has 1 atom stereocenters. The minimum Gasteiger partial charge on any atom is -0.365 e. The number of sulfonamides is 1. The summed E-state index contributed by atoms with van der Waals surface area (Å²) in [7, 11) is -3.89. The second-order valence-corrected chi connectivity index (χ2v) is 9.69. The molecule has 7 nitrogen and oxygen atoms in total. The molecule has 0 fully saturated rings. The van der Waals surface area contributed by atoms with E-state index in [0.29, 0.717) is 11.6 Å². The maximum absolute atomic E-state index is 12.8. The molecule has 0 bridgehead atoms. The number of thiophene rings is 1. The molecule has 0 saturated carbocycles. The fourth-order valence-electron chi connectivity index (χ4n) is 3.44. The van der Waals surface area contributed by atoms with Crippen molar-refractivity contribution in [2.45, 2.75) is 44.4 Å². The van der Waals surface area contributed by atoms with Crippen molar-refractivity contribution in [1.29, 1.82) is 0 Å². The summed E-state index contributed by atoms with van der Waals surface area (Å²) < 4.78 is 28.1. The van der Waals surface area contributed by atoms with Crippen LogP contribution in [0.25, 0.3) is 0 Å². The van der Waals surface area contributed by atoms with Gasteiger partial charge in [0.1, 0.15) is 5.00 Å². The topological polar surface area (TPSA) is 118 Å². The van der Waals surface area contributed by atoms with Crippen molar-refractivity contribution < 1.29 is 18.0 Å². The van der Waals surface area contributed by atoms with E-state index in [0.717, 1.165) is 36.1 Å². The third-order valence-corrected chi connectivity index (χ3v) is 7.57. The number of fused-ring (bicyclic) bond motifs is 1. The molecule has 0 aliphatic heterocycles. The van der Waals surface area contributed by atoms with E-state index in [1.807, 2.05) is 0 Å². The number of carbonyl (C=O) groups is 2. The number of hydrogen-bond acceptors (Lipinski definition) is 5. The van der Waals surface area contributed by atoms with Gasteiger partial charge in [-0.25, -0.2) is 8.42 Å². The smallest absolute Gasteiger partial charge is 0.262 e. The van der Waals surface area contributed by atoms with E-state index in [1.165, 1.54) is 42.5 Å². The number of carbonyl (C=O) groups excluding carboxylic acids is 2. The van der Waals surface area contributed by atoms with Crippen molar-refractivity contribution in [3.63, 3.8) is 0 Å². The lowest BCUT2D eigenvalue weighted by Crippen LogP contribution is -2.20. The van der Waals surface area contributed by atoms with Crippen LogP contribution in [0.3, 0.4) is 0 Å². The van der Waals surface area contributed by atoms with E-state index in [9.17, 15) is 18.0 Å². The van der Waals surface area contributed by atoms with Crippen molar-refractivity contribution in [1.82, 2.24) is 0 Å². The molecule has 1 aromatic carbocycles. The summed E-state index contributed by atoms with van der Waals surface area (Å²) in [6.45, 7) is 3.51. The molecule has 0 spiro atoms. The molecule has 1 aliphatic carbocycles. The van der Waals surface area contributed by atoms with Gasteiger partial charge in [-0.15, -0.1) is 11.3 Å². The number of nitrogens with one attached hydrogen (secondary N) is 2. The number of hydrogen-bond donors (Lipinski definition) is 3. The summed E-state index contributed by atoms with van der Waals surface area (Å²) >= 11 is 1.29. The first-order chi connectivity index (χ1) is 13.2. The fourth-order valence-corrected chi connectivity index (χ4v) is 6.11. The first kappa shape index (κ1) is 20.3. The van der Waals surface area contributed by atoms with E-state index >= 15 is 0 Å². The highest BCUT2D eigenvalue weighted by molar-refractivity contribution is 7.93. The van der Waals surface area contributed by atoms with Crippen molar-refractivity contribution in [3.05, 3.63) is 40.3 Å². The molecule has 1 aliphatic rings. The lowest BCUT2D eigenvalue weighted by molar-refractivity contribution is -0.114. The number of benzene rings is 1. The third-order valence-electron chi connectivity index (χ3n) is 4.90. The molecule has 0 saturated heterocycles. The Kier molecular flexibility index (Phi) is 5.76. The van der Waals surface area contributed by atoms with Gasteiger partial charge >= 0.3 is 0 Å². The molecule has 28 heavy (non-hydrogen) atoms. The summed E-state index contributed by atoms with van der Waals surface area (Å²) in [5.74, 6) is -0.321. The standard InChI is InChI=1S/C19H23N3O4S2/c1-3-12-4-9-15-16(10-12)27-19(17(15)18(20)24)22-28(25,26)14-7-5-13(6-8-14)21-11(2)23/h5-8,12,22H,3-4,9-10H2,1-2H3,(H2,20,24)(H,21,23). The van der Waals surface area contributed by atoms with Crippen LogP contribution in [-0.4, -0.2) is 20.2 Å². The Morgan fingerprint density at radius 1 is 1.25 bits per heavy atom. The van der Waals surface area contributed by atoms with Gasteiger partial charge in [0.05, 0.1) is 10.5 Å². The summed E-state index contributed by atoms with van der Waals surface area (Å²) in [4.78, 5) is 24.2. The molecular weight excluding hydrogens is 398 g/mol. The van der Waals surface area contributed by atoms with Gasteiger partial charge in [0, 0.05) is 17.5 Å². The summed E-state index contributed by atoms with van der Waals surface area (Å²) in [5.41, 5.74) is 7.23. The molecule has 0 radical (unpaired) electrons. The van der Waals surface area contributed by atoms with Gasteiger partial charge in [-0.2, -0.15) is 0 Å². The molecule has 2 aromatic rings. The van der Waals surface area contributed by atoms with Gasteiger partial charge in [-0.1, -0.05) is 13.3 Å². The zero-order valence-electron chi connectivity index (χ0n) is 15.7. The minimum absolute atomic E-state index is 0.0369. The van der Waals surface area contributed by atoms with Crippen molar-refractivity contribution in [3.8, 4) is 0 Å². The first-order valence-electron chi connectivity index (χ1n) is 9.06. The zero-order valence-corrected chi connectivity index (χ0v) is 17.4. The highest BCUT2D eigenvalue weighted by atomic mass is 32.2. The number of rotatable bonds is 6. The van der Waals surface area contributed by atoms with Crippen LogP contribution >= 0.6 is 11.3 Å². The highest BCUT2D eigenvalue weighted by Gasteiger charge is 2.29. The van der Waals surface area contributed by atoms with Crippen LogP contribution in [0.4, 0.5) is 10.7 Å². The number of primary amides is 1. The molecule has 1 aromatic heterocycles. The summed E-state index contributed by atoms with van der Waals surface area (Å²) in [6, 6.07) is 5.82. The zero-order chi connectivity index (χ0) is 20.5. The molecule has 1 unspecified atom stereocenters. The van der Waals surface area contributed by atoms with E-state index in [4.69, 9.17) is 5.73 Å². The van der Waals surface area contributed by atoms with Crippen molar-refractivity contribution >= 4 is 43.9 Å². The predicted octanol–water partition coefficient (Wildman–Crippen LogP) is 3.12. The van der Waals surface area contributed by atoms with Crippen LogP contribution < -0.4 is 15.8 Å². The Hall–Kier alpha value is -2.39. The number of anilines is 2. The molecular formula is C19H23N3O4S2. The molecule has 150 valence electrons. The molecule has 4 N–H and O–H groups in total. The van der Waals surface area contributed by atoms with Crippen molar-refractivity contribution in [2.24, 2.45) is 11.7 Å². The maximum Gasteiger partial charge on any atom is 0.262 e. The lowest BCUT2D eigenvalue weighted by Gasteiger charge is -2.20. The average molecular weight is 422 g/mol.